The van der Waals surface area contributed by atoms with Crippen LogP contribution < -0.4 is 0 Å². The number of hydrogen-bond donors (Lipinski definition) is 1. The summed E-state index contributed by atoms with van der Waals surface area (Å²) in [6.45, 7) is 0.0938. The quantitative estimate of drug-likeness (QED) is 0.499. The maximum Gasteiger partial charge on any atom is 0.153 e. The summed E-state index contributed by atoms with van der Waals surface area (Å²) in [5.41, 5.74) is -1.76. The van der Waals surface area contributed by atoms with Crippen molar-refractivity contribution in [2.75, 3.05) is 6.67 Å². The van der Waals surface area contributed by atoms with Crippen LogP contribution in [0.2, 0.25) is 0 Å². The fourth-order valence-electron chi connectivity index (χ4n) is 0.0315. The van der Waals surface area contributed by atoms with Gasteiger partial charge in [0.15, 0.2) is 6.29 Å². The molecule has 42 valence electrons. The van der Waals surface area contributed by atoms with E-state index in [1.54, 1.807) is 0 Å². The summed E-state index contributed by atoms with van der Waals surface area (Å²) >= 11 is 0. The van der Waals surface area contributed by atoms with Crippen molar-refractivity contribution in [3.63, 3.8) is 0 Å². The van der Waals surface area contributed by atoms with Crippen molar-refractivity contribution >= 4 is 6.29 Å². The van der Waals surface area contributed by atoms with E-state index in [0.29, 0.717) is 0 Å². The van der Waals surface area contributed by atoms with Crippen LogP contribution in [-0.2, 0) is 4.79 Å². The number of carbonyl (C=O) groups is 1. The molecule has 0 aromatic rings. The van der Waals surface area contributed by atoms with E-state index in [1.165, 1.54) is 0 Å². The third kappa shape index (κ3) is 2.28. The second-order valence-electron chi connectivity index (χ2n) is 1.61. The minimum absolute atomic E-state index is 0.174. The minimum atomic E-state index is -1.76. The molecular formula is C4H7FO2. The summed E-state index contributed by atoms with van der Waals surface area (Å²) in [5, 5.41) is 8.39. The molecular weight excluding hydrogens is 99.0 g/mol. The maximum atomic E-state index is 11.3. The minimum Gasteiger partial charge on any atom is -0.380 e. The van der Waals surface area contributed by atoms with Gasteiger partial charge < -0.3 is 9.90 Å². The molecule has 7 heavy (non-hydrogen) atoms. The first kappa shape index (κ1) is 6.56. The summed E-state index contributed by atoms with van der Waals surface area (Å²) in [7, 11) is 0. The molecule has 1 unspecified atom stereocenters. The van der Waals surface area contributed by atoms with Gasteiger partial charge in [0.05, 0.1) is 0 Å². The van der Waals surface area contributed by atoms with Gasteiger partial charge >= 0.3 is 0 Å². The second kappa shape index (κ2) is 2.02. The number of alkyl halides is 1. The molecule has 0 aromatic carbocycles. The fourth-order valence-corrected chi connectivity index (χ4v) is 0.0315. The van der Waals surface area contributed by atoms with Crippen molar-refractivity contribution in [3.8, 4) is 0 Å². The average Bonchev–Trinajstić information content (AvgIpc) is 1.68. The highest BCUT2D eigenvalue weighted by Crippen LogP contribution is 1.96. The molecule has 0 heterocycles. The molecule has 0 amide bonds. The molecule has 0 radical (unpaired) electrons. The van der Waals surface area contributed by atoms with Crippen LogP contribution in [0.4, 0.5) is 4.39 Å². The zero-order valence-corrected chi connectivity index (χ0v) is 4.02. The van der Waals surface area contributed by atoms with E-state index in [0.717, 1.165) is 6.92 Å². The molecule has 0 aliphatic carbocycles. The van der Waals surface area contributed by atoms with E-state index in [9.17, 15) is 9.18 Å². The van der Waals surface area contributed by atoms with Crippen LogP contribution in [0, 0.1) is 0 Å². The van der Waals surface area contributed by atoms with Crippen LogP contribution >= 0.6 is 0 Å². The molecule has 0 saturated heterocycles. The van der Waals surface area contributed by atoms with Crippen molar-refractivity contribution < 1.29 is 14.3 Å². The van der Waals surface area contributed by atoms with Crippen LogP contribution in [0.5, 0.6) is 0 Å². The predicted octanol–water partition coefficient (Wildman–Crippen LogP) is -0.0942. The van der Waals surface area contributed by atoms with Gasteiger partial charge in [-0.1, -0.05) is 0 Å². The Labute approximate surface area is 41.0 Å². The topological polar surface area (TPSA) is 37.3 Å². The molecule has 0 bridgehead atoms. The molecule has 2 nitrogen and oxygen atoms in total. The number of aldehydes is 1. The molecule has 1 atom stereocenters. The van der Waals surface area contributed by atoms with Crippen LogP contribution in [0.3, 0.4) is 0 Å². The van der Waals surface area contributed by atoms with E-state index < -0.39 is 12.3 Å². The van der Waals surface area contributed by atoms with Gasteiger partial charge in [-0.05, 0) is 6.92 Å². The van der Waals surface area contributed by atoms with Crippen LogP contribution in [0.1, 0.15) is 6.92 Å². The highest BCUT2D eigenvalue weighted by Gasteiger charge is 2.17. The summed E-state index contributed by atoms with van der Waals surface area (Å²) in [4.78, 5) is 9.57. The summed E-state index contributed by atoms with van der Waals surface area (Å²) in [5.74, 6) is 0. The Morgan fingerprint density at radius 3 is 2.43 bits per heavy atom. The van der Waals surface area contributed by atoms with Crippen LogP contribution in [0.15, 0.2) is 0 Å². The van der Waals surface area contributed by atoms with Gasteiger partial charge in [-0.3, -0.25) is 0 Å². The number of rotatable bonds is 2. The van der Waals surface area contributed by atoms with E-state index in [4.69, 9.17) is 5.11 Å². The molecule has 1 N–H and O–H groups in total. The Morgan fingerprint density at radius 2 is 2.43 bits per heavy atom. The number of halogens is 1. The fraction of sp³-hybridized carbons (Fsp3) is 0.750. The summed E-state index contributed by atoms with van der Waals surface area (Å²) < 4.78 is 11.3. The zero-order valence-electron chi connectivity index (χ0n) is 4.02. The summed E-state index contributed by atoms with van der Waals surface area (Å²) in [6, 6.07) is 0. The van der Waals surface area contributed by atoms with Gasteiger partial charge in [-0.25, -0.2) is 4.39 Å². The average molecular weight is 106 g/mol. The standard InChI is InChI=1S/C4H7FO2/c1-4(7,2-5)3-6/h3,7H,2H2,1H3. The van der Waals surface area contributed by atoms with E-state index in [1.807, 2.05) is 0 Å². The van der Waals surface area contributed by atoms with Gasteiger partial charge in [0.2, 0.25) is 0 Å². The van der Waals surface area contributed by atoms with Crippen molar-refractivity contribution in [1.29, 1.82) is 0 Å². The normalized spacial score (nSPS) is 18.1. The van der Waals surface area contributed by atoms with Crippen molar-refractivity contribution in [2.45, 2.75) is 12.5 Å². The monoisotopic (exact) mass is 106 g/mol. The molecule has 0 saturated carbocycles. The van der Waals surface area contributed by atoms with Crippen LogP contribution in [-0.4, -0.2) is 23.7 Å². The van der Waals surface area contributed by atoms with Crippen molar-refractivity contribution in [2.24, 2.45) is 0 Å². The van der Waals surface area contributed by atoms with E-state index in [2.05, 4.69) is 0 Å². The molecule has 0 aliphatic heterocycles. The lowest BCUT2D eigenvalue weighted by atomic mass is 10.2. The third-order valence-electron chi connectivity index (χ3n) is 0.524. The van der Waals surface area contributed by atoms with Gasteiger partial charge in [0, 0.05) is 0 Å². The number of hydrogen-bond acceptors (Lipinski definition) is 2. The Kier molecular flexibility index (Phi) is 1.90. The predicted molar refractivity (Wildman–Crippen MR) is 22.7 cm³/mol. The first-order valence-corrected chi connectivity index (χ1v) is 1.87. The SMILES string of the molecule is CC(O)(C=O)CF. The number of carbonyl (C=O) groups excluding carboxylic acids is 1. The van der Waals surface area contributed by atoms with Gasteiger partial charge in [-0.2, -0.15) is 0 Å². The van der Waals surface area contributed by atoms with E-state index >= 15 is 0 Å². The molecule has 0 aliphatic rings. The van der Waals surface area contributed by atoms with Gasteiger partial charge in [0.1, 0.15) is 12.3 Å². The number of aliphatic hydroxyl groups is 1. The van der Waals surface area contributed by atoms with E-state index in [-0.39, 0.29) is 6.29 Å². The van der Waals surface area contributed by atoms with Crippen LogP contribution in [0.25, 0.3) is 0 Å². The highest BCUT2D eigenvalue weighted by molar-refractivity contribution is 5.61. The lowest BCUT2D eigenvalue weighted by Gasteiger charge is -2.06. The third-order valence-corrected chi connectivity index (χ3v) is 0.524. The Bertz CT molecular complexity index is 70.1. The Hall–Kier alpha value is -0.440. The molecule has 0 fully saturated rings. The lowest BCUT2D eigenvalue weighted by Crippen LogP contribution is -2.28. The Balaban J connectivity index is 3.58. The first-order valence-electron chi connectivity index (χ1n) is 1.87. The smallest absolute Gasteiger partial charge is 0.153 e. The maximum absolute atomic E-state index is 11.3. The van der Waals surface area contributed by atoms with Crippen molar-refractivity contribution in [1.82, 2.24) is 0 Å². The molecule has 0 rings (SSSR count). The zero-order chi connectivity index (χ0) is 5.91. The second-order valence-corrected chi connectivity index (χ2v) is 1.61. The first-order chi connectivity index (χ1) is 3.12. The van der Waals surface area contributed by atoms with Gasteiger partial charge in [-0.15, -0.1) is 0 Å². The highest BCUT2D eigenvalue weighted by atomic mass is 19.1. The lowest BCUT2D eigenvalue weighted by molar-refractivity contribution is -0.123. The molecule has 0 aromatic heterocycles. The molecule has 0 spiro atoms. The summed E-state index contributed by atoms with van der Waals surface area (Å²) in [6.07, 6.45) is 0.174. The van der Waals surface area contributed by atoms with Gasteiger partial charge in [0.25, 0.3) is 0 Å². The molecule has 3 heteroatoms. The van der Waals surface area contributed by atoms with Crippen molar-refractivity contribution in [3.05, 3.63) is 0 Å². The largest absolute Gasteiger partial charge is 0.380 e. The Morgan fingerprint density at radius 1 is 2.00 bits per heavy atom.